The van der Waals surface area contributed by atoms with Crippen LogP contribution < -0.4 is 4.74 Å². The fraction of sp³-hybridized carbons (Fsp3) is 0.154. The highest BCUT2D eigenvalue weighted by atomic mass is 16.6. The molecule has 0 aliphatic heterocycles. The van der Waals surface area contributed by atoms with Crippen LogP contribution in [0.2, 0.25) is 0 Å². The minimum atomic E-state index is -2.04. The van der Waals surface area contributed by atoms with Crippen molar-refractivity contribution < 1.29 is 34.4 Å². The Kier molecular flexibility index (Phi) is 7.96. The van der Waals surface area contributed by atoms with Crippen molar-refractivity contribution in [3.63, 3.8) is 0 Å². The van der Waals surface area contributed by atoms with Gasteiger partial charge in [0.2, 0.25) is 5.60 Å². The molecule has 3 N–H and O–H groups in total. The fourth-order valence-corrected chi connectivity index (χ4v) is 3.18. The molecule has 3 aromatic carbocycles. The number of carbonyl (C=O) groups is 2. The second-order valence-corrected chi connectivity index (χ2v) is 7.22. The van der Waals surface area contributed by atoms with Gasteiger partial charge in [0.15, 0.2) is 0 Å². The summed E-state index contributed by atoms with van der Waals surface area (Å²) in [5, 5.41) is 30.4. The van der Waals surface area contributed by atoms with Crippen LogP contribution in [0.15, 0.2) is 91.0 Å². The molecule has 170 valence electrons. The van der Waals surface area contributed by atoms with E-state index in [1.165, 1.54) is 6.08 Å². The van der Waals surface area contributed by atoms with Gasteiger partial charge in [0.1, 0.15) is 25.1 Å². The summed E-state index contributed by atoms with van der Waals surface area (Å²) >= 11 is 0. The number of aliphatic hydroxyl groups excluding tert-OH is 1. The number of aliphatic hydroxyl groups is 2. The summed E-state index contributed by atoms with van der Waals surface area (Å²) in [6.07, 6.45) is 1.18. The number of esters is 1. The molecule has 0 radical (unpaired) electrons. The summed E-state index contributed by atoms with van der Waals surface area (Å²) in [4.78, 5) is 23.7. The van der Waals surface area contributed by atoms with Gasteiger partial charge in [-0.15, -0.1) is 0 Å². The van der Waals surface area contributed by atoms with E-state index in [9.17, 15) is 19.8 Å². The molecule has 7 nitrogen and oxygen atoms in total. The van der Waals surface area contributed by atoms with Crippen molar-refractivity contribution in [2.45, 2.75) is 11.7 Å². The van der Waals surface area contributed by atoms with Crippen LogP contribution in [0.4, 0.5) is 0 Å². The standard InChI is InChI=1S/C26H24O7/c27-22(17-32-23-14-8-7-9-19(23)15-16-24(28)29)18-33-25(30)26(31,20-10-3-1-4-11-20)21-12-5-2-6-13-21/h1-16,22,27,31H,17-18H2,(H,28,29)/b16-15+. The summed E-state index contributed by atoms with van der Waals surface area (Å²) in [6.45, 7) is -0.617. The van der Waals surface area contributed by atoms with Crippen LogP contribution in [-0.2, 0) is 19.9 Å². The molecule has 0 amide bonds. The first kappa shape index (κ1) is 23.7. The van der Waals surface area contributed by atoms with E-state index in [1.54, 1.807) is 84.9 Å². The lowest BCUT2D eigenvalue weighted by atomic mass is 9.86. The Hall–Kier alpha value is -3.94. The molecule has 1 unspecified atom stereocenters. The van der Waals surface area contributed by atoms with E-state index in [-0.39, 0.29) is 6.61 Å². The van der Waals surface area contributed by atoms with E-state index in [4.69, 9.17) is 14.6 Å². The lowest BCUT2D eigenvalue weighted by Crippen LogP contribution is -2.40. The van der Waals surface area contributed by atoms with Gasteiger partial charge in [0.25, 0.3) is 0 Å². The minimum Gasteiger partial charge on any atom is -0.490 e. The maximum atomic E-state index is 13.0. The van der Waals surface area contributed by atoms with Gasteiger partial charge in [-0.25, -0.2) is 9.59 Å². The van der Waals surface area contributed by atoms with Crippen LogP contribution in [0.5, 0.6) is 5.75 Å². The van der Waals surface area contributed by atoms with Gasteiger partial charge in [0.05, 0.1) is 0 Å². The Morgan fingerprint density at radius 1 is 0.848 bits per heavy atom. The first-order valence-corrected chi connectivity index (χ1v) is 10.2. The lowest BCUT2D eigenvalue weighted by Gasteiger charge is -2.27. The summed E-state index contributed by atoms with van der Waals surface area (Å²) in [5.41, 5.74) is -0.846. The molecule has 0 bridgehead atoms. The Morgan fingerprint density at radius 2 is 1.39 bits per heavy atom. The quantitative estimate of drug-likeness (QED) is 0.323. The highest BCUT2D eigenvalue weighted by Crippen LogP contribution is 2.31. The van der Waals surface area contributed by atoms with Crippen molar-refractivity contribution in [1.82, 2.24) is 0 Å². The van der Waals surface area contributed by atoms with E-state index < -0.39 is 30.3 Å². The molecule has 0 aromatic heterocycles. The van der Waals surface area contributed by atoms with E-state index in [2.05, 4.69) is 0 Å². The number of hydrogen-bond acceptors (Lipinski definition) is 6. The zero-order valence-electron chi connectivity index (χ0n) is 17.7. The van der Waals surface area contributed by atoms with Crippen LogP contribution in [-0.4, -0.2) is 46.6 Å². The maximum Gasteiger partial charge on any atom is 0.347 e. The van der Waals surface area contributed by atoms with Crippen LogP contribution >= 0.6 is 0 Å². The molecule has 0 heterocycles. The molecular formula is C26H24O7. The number of para-hydroxylation sites is 1. The first-order valence-electron chi connectivity index (χ1n) is 10.2. The van der Waals surface area contributed by atoms with Crippen molar-refractivity contribution in [2.75, 3.05) is 13.2 Å². The van der Waals surface area contributed by atoms with Gasteiger partial charge < -0.3 is 24.8 Å². The zero-order chi connectivity index (χ0) is 23.7. The second kappa shape index (κ2) is 11.1. The monoisotopic (exact) mass is 448 g/mol. The smallest absolute Gasteiger partial charge is 0.347 e. The predicted octanol–water partition coefficient (Wildman–Crippen LogP) is 3.00. The third-order valence-corrected chi connectivity index (χ3v) is 4.84. The van der Waals surface area contributed by atoms with Gasteiger partial charge in [-0.05, 0) is 23.3 Å². The second-order valence-electron chi connectivity index (χ2n) is 7.22. The number of ether oxygens (including phenoxy) is 2. The van der Waals surface area contributed by atoms with E-state index in [1.807, 2.05) is 0 Å². The molecule has 33 heavy (non-hydrogen) atoms. The van der Waals surface area contributed by atoms with Gasteiger partial charge in [0, 0.05) is 11.6 Å². The third-order valence-electron chi connectivity index (χ3n) is 4.84. The Balaban J connectivity index is 1.66. The Labute approximate surface area is 191 Å². The van der Waals surface area contributed by atoms with Gasteiger partial charge in [-0.3, -0.25) is 0 Å². The molecule has 0 aliphatic rings. The molecule has 0 spiro atoms. The number of carbonyl (C=O) groups excluding carboxylic acids is 1. The van der Waals surface area contributed by atoms with Crippen LogP contribution in [0.25, 0.3) is 6.08 Å². The molecule has 0 saturated carbocycles. The highest BCUT2D eigenvalue weighted by molar-refractivity contribution is 5.86. The third kappa shape index (κ3) is 6.06. The van der Waals surface area contributed by atoms with Crippen molar-refractivity contribution in [3.8, 4) is 5.75 Å². The SMILES string of the molecule is O=C(O)/C=C/c1ccccc1OCC(O)COC(=O)C(O)(c1ccccc1)c1ccccc1. The van der Waals surface area contributed by atoms with Crippen molar-refractivity contribution in [2.24, 2.45) is 0 Å². The number of carboxylic acids is 1. The summed E-state index contributed by atoms with van der Waals surface area (Å²) in [6, 6.07) is 23.6. The number of rotatable bonds is 10. The molecule has 7 heteroatoms. The minimum absolute atomic E-state index is 0.208. The topological polar surface area (TPSA) is 113 Å². The Bertz CT molecular complexity index is 1050. The first-order chi connectivity index (χ1) is 15.9. The van der Waals surface area contributed by atoms with E-state index in [0.717, 1.165) is 6.08 Å². The highest BCUT2D eigenvalue weighted by Gasteiger charge is 2.41. The van der Waals surface area contributed by atoms with Gasteiger partial charge in [-0.1, -0.05) is 78.9 Å². The fourth-order valence-electron chi connectivity index (χ4n) is 3.18. The number of aliphatic carboxylic acids is 1. The van der Waals surface area contributed by atoms with Crippen molar-refractivity contribution >= 4 is 18.0 Å². The average molecular weight is 448 g/mol. The lowest BCUT2D eigenvalue weighted by molar-refractivity contribution is -0.165. The van der Waals surface area contributed by atoms with Gasteiger partial charge >= 0.3 is 11.9 Å². The molecule has 0 fully saturated rings. The predicted molar refractivity (Wildman–Crippen MR) is 121 cm³/mol. The molecular weight excluding hydrogens is 424 g/mol. The number of carboxylic acid groups (broad SMARTS) is 1. The van der Waals surface area contributed by atoms with Crippen molar-refractivity contribution in [3.05, 3.63) is 108 Å². The number of benzene rings is 3. The van der Waals surface area contributed by atoms with E-state index >= 15 is 0 Å². The van der Waals surface area contributed by atoms with Crippen LogP contribution in [0, 0.1) is 0 Å². The zero-order valence-corrected chi connectivity index (χ0v) is 17.7. The number of hydrogen-bond donors (Lipinski definition) is 3. The van der Waals surface area contributed by atoms with E-state index in [0.29, 0.717) is 22.4 Å². The van der Waals surface area contributed by atoms with Crippen LogP contribution in [0.1, 0.15) is 16.7 Å². The molecule has 3 rings (SSSR count). The van der Waals surface area contributed by atoms with Crippen LogP contribution in [0.3, 0.4) is 0 Å². The largest absolute Gasteiger partial charge is 0.490 e. The summed E-state index contributed by atoms with van der Waals surface area (Å²) < 4.78 is 10.8. The normalized spacial score (nSPS) is 12.3. The Morgan fingerprint density at radius 3 is 1.97 bits per heavy atom. The molecule has 0 aliphatic carbocycles. The molecule has 0 saturated heterocycles. The average Bonchev–Trinajstić information content (AvgIpc) is 2.85. The van der Waals surface area contributed by atoms with Gasteiger partial charge in [-0.2, -0.15) is 0 Å². The molecule has 3 aromatic rings. The molecule has 1 atom stereocenters. The van der Waals surface area contributed by atoms with Crippen molar-refractivity contribution in [1.29, 1.82) is 0 Å². The summed E-state index contributed by atoms with van der Waals surface area (Å²) in [5.74, 6) is -1.66. The summed E-state index contributed by atoms with van der Waals surface area (Å²) in [7, 11) is 0. The maximum absolute atomic E-state index is 13.0.